The van der Waals surface area contributed by atoms with E-state index in [-0.39, 0.29) is 24.7 Å². The Labute approximate surface area is 398 Å². The summed E-state index contributed by atoms with van der Waals surface area (Å²) in [5, 5.41) is 23.8. The first-order valence-corrected chi connectivity index (χ1v) is 22.6. The zero-order valence-corrected chi connectivity index (χ0v) is 38.6. The van der Waals surface area contributed by atoms with E-state index in [1.165, 1.54) is 13.8 Å². The Balaban J connectivity index is 1.16. The van der Waals surface area contributed by atoms with Gasteiger partial charge in [-0.15, -0.1) is 15.2 Å². The molecule has 16 heteroatoms. The Kier molecular flexibility index (Phi) is 14.4. The number of fused-ring (bicyclic) bond motifs is 1. The van der Waals surface area contributed by atoms with Gasteiger partial charge in [0.1, 0.15) is 11.6 Å². The average molecular weight is 930 g/mol. The highest BCUT2D eigenvalue weighted by Gasteiger charge is 2.42. The van der Waals surface area contributed by atoms with Crippen LogP contribution in [-0.4, -0.2) is 72.1 Å². The summed E-state index contributed by atoms with van der Waals surface area (Å²) in [7, 11) is 0. The minimum absolute atomic E-state index is 0.0103. The SMILES string of the molecule is CCOc1nc2cccc(C(=O)OC(C)(C)OC(=O)OCCCCC(C)O[N+](=O)[O-])c2n1Cc1ccc(-c2ccccc2)c(-c2nnnn2C(c2ccccc2)(c2ccccc2)c2ccccc2)c1. The van der Waals surface area contributed by atoms with E-state index in [1.54, 1.807) is 25.1 Å². The lowest BCUT2D eigenvalue weighted by atomic mass is 9.77. The number of benzene rings is 6. The van der Waals surface area contributed by atoms with Gasteiger partial charge in [-0.25, -0.2) is 14.3 Å². The van der Waals surface area contributed by atoms with Crippen LogP contribution in [-0.2, 0) is 31.1 Å². The number of aromatic nitrogens is 6. The summed E-state index contributed by atoms with van der Waals surface area (Å²) in [6, 6.07) is 52.1. The van der Waals surface area contributed by atoms with Gasteiger partial charge in [0, 0.05) is 19.4 Å². The fourth-order valence-corrected chi connectivity index (χ4v) is 8.55. The van der Waals surface area contributed by atoms with Gasteiger partial charge in [-0.3, -0.25) is 4.57 Å². The molecule has 8 aromatic rings. The smallest absolute Gasteiger partial charge is 0.465 e. The van der Waals surface area contributed by atoms with Crippen LogP contribution in [0.25, 0.3) is 33.5 Å². The van der Waals surface area contributed by atoms with E-state index in [9.17, 15) is 19.7 Å². The number of unbranched alkanes of at least 4 members (excludes halogenated alkanes) is 1. The van der Waals surface area contributed by atoms with Crippen LogP contribution in [0.4, 0.5) is 4.79 Å². The van der Waals surface area contributed by atoms with E-state index >= 15 is 0 Å². The second-order valence-electron chi connectivity index (χ2n) is 16.7. The van der Waals surface area contributed by atoms with Gasteiger partial charge in [0.05, 0.1) is 36.4 Å². The Morgan fingerprint density at radius 1 is 0.754 bits per heavy atom. The fraction of sp³-hybridized carbons (Fsp3) is 0.245. The summed E-state index contributed by atoms with van der Waals surface area (Å²) < 4.78 is 26.3. The lowest BCUT2D eigenvalue weighted by Gasteiger charge is -2.36. The molecule has 0 aliphatic carbocycles. The predicted octanol–water partition coefficient (Wildman–Crippen LogP) is 10.5. The topological polar surface area (TPSA) is 185 Å². The van der Waals surface area contributed by atoms with Gasteiger partial charge in [0.2, 0.25) is 0 Å². The molecule has 0 spiro atoms. The van der Waals surface area contributed by atoms with Crippen LogP contribution >= 0.6 is 0 Å². The largest absolute Gasteiger partial charge is 0.511 e. The zero-order valence-electron chi connectivity index (χ0n) is 38.6. The molecule has 6 aromatic carbocycles. The minimum atomic E-state index is -1.74. The van der Waals surface area contributed by atoms with E-state index in [0.29, 0.717) is 42.7 Å². The molecule has 2 aromatic heterocycles. The molecule has 0 saturated heterocycles. The molecule has 8 rings (SSSR count). The fourth-order valence-electron chi connectivity index (χ4n) is 8.55. The van der Waals surface area contributed by atoms with Gasteiger partial charge in [-0.05, 0) is 95.1 Å². The van der Waals surface area contributed by atoms with Crippen LogP contribution in [0.5, 0.6) is 6.01 Å². The monoisotopic (exact) mass is 929 g/mol. The van der Waals surface area contributed by atoms with Crippen LogP contribution in [0, 0.1) is 10.1 Å². The molecule has 0 saturated carbocycles. The van der Waals surface area contributed by atoms with Crippen molar-refractivity contribution in [2.45, 2.75) is 70.9 Å². The van der Waals surface area contributed by atoms with Crippen LogP contribution in [0.1, 0.15) is 79.6 Å². The maximum Gasteiger partial charge on any atom is 0.511 e. The number of tetrazole rings is 1. The first-order chi connectivity index (χ1) is 33.5. The number of hydrogen-bond acceptors (Lipinski definition) is 13. The van der Waals surface area contributed by atoms with Crippen molar-refractivity contribution in [1.29, 1.82) is 0 Å². The number of ether oxygens (including phenoxy) is 4. The van der Waals surface area contributed by atoms with Crippen LogP contribution < -0.4 is 4.74 Å². The van der Waals surface area contributed by atoms with Crippen molar-refractivity contribution in [3.8, 4) is 28.5 Å². The number of imidazole rings is 1. The quantitative estimate of drug-likeness (QED) is 0.0176. The first-order valence-electron chi connectivity index (χ1n) is 22.6. The number of carbonyl (C=O) groups excluding carboxylic acids is 2. The van der Waals surface area contributed by atoms with E-state index in [1.807, 2.05) is 113 Å². The van der Waals surface area contributed by atoms with Crippen molar-refractivity contribution in [3.05, 3.63) is 196 Å². The molecular formula is C53H51N7O9. The number of para-hydroxylation sites is 1. The molecule has 0 bridgehead atoms. The highest BCUT2D eigenvalue weighted by molar-refractivity contribution is 6.02. The van der Waals surface area contributed by atoms with E-state index in [2.05, 4.69) is 52.5 Å². The molecule has 2 heterocycles. The second kappa shape index (κ2) is 21.1. The summed E-state index contributed by atoms with van der Waals surface area (Å²) in [4.78, 5) is 46.7. The van der Waals surface area contributed by atoms with Gasteiger partial charge in [0.25, 0.3) is 16.9 Å². The Morgan fingerprint density at radius 2 is 1.38 bits per heavy atom. The van der Waals surface area contributed by atoms with Gasteiger partial charge >= 0.3 is 12.1 Å². The van der Waals surface area contributed by atoms with Crippen molar-refractivity contribution in [2.75, 3.05) is 13.2 Å². The van der Waals surface area contributed by atoms with Crippen LogP contribution in [0.3, 0.4) is 0 Å². The maximum atomic E-state index is 14.1. The third-order valence-electron chi connectivity index (χ3n) is 11.5. The standard InChI is InChI=1S/C53H51N7O9/c1-5-65-50-54-46-31-20-30-44(49(61)67-52(3,4)68-51(62)66-34-19-18-21-37(2)69-60(63)64)47(46)58(50)36-38-32-33-43(39-22-10-6-11-23-39)45(35-38)48-55-56-57-59(48)53(40-24-12-7-13-25-40,41-26-14-8-15-27-41)42-28-16-9-17-29-42/h6-17,20,22-33,35,37H,5,18-19,21,34,36H2,1-4H3. The lowest BCUT2D eigenvalue weighted by molar-refractivity contribution is -0.767. The molecular weight excluding hydrogens is 879 g/mol. The molecule has 0 N–H and O–H groups in total. The summed E-state index contributed by atoms with van der Waals surface area (Å²) in [5.74, 6) is -2.01. The summed E-state index contributed by atoms with van der Waals surface area (Å²) in [6.07, 6.45) is -0.312. The molecule has 0 radical (unpaired) electrons. The average Bonchev–Trinajstić information content (AvgIpc) is 3.98. The molecule has 69 heavy (non-hydrogen) atoms. The van der Waals surface area contributed by atoms with Crippen LogP contribution in [0.15, 0.2) is 158 Å². The molecule has 0 aliphatic heterocycles. The van der Waals surface area contributed by atoms with Gasteiger partial charge < -0.3 is 23.8 Å². The number of carbonyl (C=O) groups is 2. The third-order valence-corrected chi connectivity index (χ3v) is 11.5. The third kappa shape index (κ3) is 10.4. The van der Waals surface area contributed by atoms with Gasteiger partial charge in [0.15, 0.2) is 5.82 Å². The molecule has 16 nitrogen and oxygen atoms in total. The lowest BCUT2D eigenvalue weighted by Crippen LogP contribution is -2.39. The first kappa shape index (κ1) is 47.1. The van der Waals surface area contributed by atoms with Gasteiger partial charge in [-0.2, -0.15) is 4.98 Å². The van der Waals surface area contributed by atoms with E-state index in [4.69, 9.17) is 34.2 Å². The van der Waals surface area contributed by atoms with Crippen molar-refractivity contribution in [3.63, 3.8) is 0 Å². The van der Waals surface area contributed by atoms with Crippen molar-refractivity contribution >= 4 is 23.2 Å². The highest BCUT2D eigenvalue weighted by atomic mass is 17.0. The maximum absolute atomic E-state index is 14.1. The van der Waals surface area contributed by atoms with E-state index in [0.717, 1.165) is 38.9 Å². The Morgan fingerprint density at radius 3 is 1.99 bits per heavy atom. The van der Waals surface area contributed by atoms with Crippen molar-refractivity contribution < 1.29 is 38.5 Å². The minimum Gasteiger partial charge on any atom is -0.465 e. The molecule has 352 valence electrons. The van der Waals surface area contributed by atoms with Gasteiger partial charge in [-0.1, -0.05) is 140 Å². The highest BCUT2D eigenvalue weighted by Crippen LogP contribution is 2.44. The molecule has 0 amide bonds. The second-order valence-corrected chi connectivity index (χ2v) is 16.7. The predicted molar refractivity (Wildman–Crippen MR) is 257 cm³/mol. The molecule has 0 fully saturated rings. The zero-order chi connectivity index (χ0) is 48.4. The van der Waals surface area contributed by atoms with Crippen LogP contribution in [0.2, 0.25) is 0 Å². The number of nitrogens with zero attached hydrogens (tertiary/aromatic N) is 7. The Hall–Kier alpha value is -8.40. The summed E-state index contributed by atoms with van der Waals surface area (Å²) >= 11 is 0. The van der Waals surface area contributed by atoms with Crippen molar-refractivity contribution in [2.24, 2.45) is 0 Å². The number of rotatable bonds is 20. The molecule has 1 unspecified atom stereocenters. The number of esters is 1. The van der Waals surface area contributed by atoms with E-state index < -0.39 is 34.6 Å². The number of hydrogen-bond donors (Lipinski definition) is 0. The summed E-state index contributed by atoms with van der Waals surface area (Å²) in [6.45, 7) is 6.78. The normalized spacial score (nSPS) is 12.0. The van der Waals surface area contributed by atoms with Crippen molar-refractivity contribution in [1.82, 2.24) is 29.8 Å². The Bertz CT molecular complexity index is 2920. The summed E-state index contributed by atoms with van der Waals surface area (Å²) in [5.41, 5.74) is 6.33. The molecule has 0 aliphatic rings. The molecule has 1 atom stereocenters.